The Bertz CT molecular complexity index is 847. The fraction of sp³-hybridized carbons (Fsp3) is 0.478. The molecule has 1 aliphatic rings. The predicted molar refractivity (Wildman–Crippen MR) is 125 cm³/mol. The highest BCUT2D eigenvalue weighted by Gasteiger charge is 2.34. The van der Waals surface area contributed by atoms with Gasteiger partial charge < -0.3 is 14.7 Å². The summed E-state index contributed by atoms with van der Waals surface area (Å²) >= 11 is 3.45. The molecule has 31 heavy (non-hydrogen) atoms. The largest absolute Gasteiger partial charge is 0.416 e. The van der Waals surface area contributed by atoms with Crippen LogP contribution in [0.5, 0.6) is 0 Å². The summed E-state index contributed by atoms with van der Waals surface area (Å²) in [6.07, 6.45) is -4.35. The van der Waals surface area contributed by atoms with Crippen molar-refractivity contribution in [2.75, 3.05) is 70.2 Å². The number of rotatable bonds is 7. The van der Waals surface area contributed by atoms with Crippen LogP contribution in [0.1, 0.15) is 11.1 Å². The zero-order chi connectivity index (χ0) is 22.6. The predicted octanol–water partition coefficient (Wildman–Crippen LogP) is 4.79. The number of hydrogen-bond acceptors (Lipinski definition) is 4. The van der Waals surface area contributed by atoms with E-state index in [2.05, 4.69) is 42.8 Å². The summed E-state index contributed by atoms with van der Waals surface area (Å²) in [5.74, 6) is 0. The third kappa shape index (κ3) is 6.60. The number of benzene rings is 2. The molecule has 1 heterocycles. The van der Waals surface area contributed by atoms with Gasteiger partial charge in [-0.2, -0.15) is 13.2 Å². The molecule has 0 bridgehead atoms. The van der Waals surface area contributed by atoms with Crippen LogP contribution in [0.2, 0.25) is 0 Å². The van der Waals surface area contributed by atoms with E-state index in [1.165, 1.54) is 6.07 Å². The summed E-state index contributed by atoms with van der Waals surface area (Å²) in [6.45, 7) is 4.95. The normalized spacial score (nSPS) is 15.5. The summed E-state index contributed by atoms with van der Waals surface area (Å²) < 4.78 is 42.0. The van der Waals surface area contributed by atoms with E-state index in [-0.39, 0.29) is 0 Å². The number of nitrogens with zero attached hydrogens (tertiary/aromatic N) is 4. The quantitative estimate of drug-likeness (QED) is 0.544. The molecule has 8 heteroatoms. The molecule has 1 fully saturated rings. The van der Waals surface area contributed by atoms with Crippen molar-refractivity contribution in [3.63, 3.8) is 0 Å². The van der Waals surface area contributed by atoms with Gasteiger partial charge in [0.25, 0.3) is 0 Å². The molecule has 2 aromatic rings. The second-order valence-corrected chi connectivity index (χ2v) is 9.22. The van der Waals surface area contributed by atoms with Crippen molar-refractivity contribution >= 4 is 27.3 Å². The summed E-state index contributed by atoms with van der Waals surface area (Å²) in [6, 6.07) is 12.7. The Kier molecular flexibility index (Phi) is 7.88. The zero-order valence-electron chi connectivity index (χ0n) is 18.3. The van der Waals surface area contributed by atoms with Gasteiger partial charge in [0.05, 0.1) is 5.56 Å². The minimum atomic E-state index is -4.35. The molecule has 1 aliphatic heterocycles. The Labute approximate surface area is 191 Å². The van der Waals surface area contributed by atoms with Crippen LogP contribution in [0.25, 0.3) is 0 Å². The highest BCUT2D eigenvalue weighted by Crippen LogP contribution is 2.35. The highest BCUT2D eigenvalue weighted by molar-refractivity contribution is 9.10. The number of alkyl halides is 3. The first-order valence-electron chi connectivity index (χ1n) is 10.4. The van der Waals surface area contributed by atoms with Crippen molar-refractivity contribution in [3.8, 4) is 0 Å². The first-order valence-corrected chi connectivity index (χ1v) is 11.2. The average molecular weight is 499 g/mol. The molecule has 0 N–H and O–H groups in total. The third-order valence-electron chi connectivity index (χ3n) is 5.68. The fourth-order valence-electron chi connectivity index (χ4n) is 3.76. The molecule has 0 saturated carbocycles. The third-order valence-corrected chi connectivity index (χ3v) is 6.20. The molecule has 2 aromatic carbocycles. The molecule has 3 rings (SSSR count). The summed E-state index contributed by atoms with van der Waals surface area (Å²) in [7, 11) is 5.90. The molecule has 0 unspecified atom stereocenters. The van der Waals surface area contributed by atoms with Gasteiger partial charge in [-0.15, -0.1) is 0 Å². The smallest absolute Gasteiger partial charge is 0.373 e. The van der Waals surface area contributed by atoms with Crippen molar-refractivity contribution in [1.82, 2.24) is 9.80 Å². The van der Waals surface area contributed by atoms with Crippen LogP contribution in [0, 0.1) is 0 Å². The summed E-state index contributed by atoms with van der Waals surface area (Å²) in [5, 5.41) is 0. The van der Waals surface area contributed by atoms with Gasteiger partial charge in [0.15, 0.2) is 0 Å². The van der Waals surface area contributed by atoms with Gasteiger partial charge in [0, 0.05) is 68.7 Å². The Morgan fingerprint density at radius 1 is 0.903 bits per heavy atom. The van der Waals surface area contributed by atoms with E-state index in [1.807, 2.05) is 38.2 Å². The van der Waals surface area contributed by atoms with E-state index < -0.39 is 11.7 Å². The molecule has 0 atom stereocenters. The lowest BCUT2D eigenvalue weighted by Gasteiger charge is -2.36. The van der Waals surface area contributed by atoms with Crippen molar-refractivity contribution < 1.29 is 13.2 Å². The molecule has 0 aromatic heterocycles. The molecular weight excluding hydrogens is 469 g/mol. The maximum absolute atomic E-state index is 13.7. The van der Waals surface area contributed by atoms with Crippen LogP contribution in [0.3, 0.4) is 0 Å². The zero-order valence-corrected chi connectivity index (χ0v) is 19.9. The summed E-state index contributed by atoms with van der Waals surface area (Å²) in [5.41, 5.74) is 1.77. The maximum Gasteiger partial charge on any atom is 0.416 e. The number of likely N-dealkylation sites (N-methyl/N-ethyl adjacent to an activating group) is 2. The molecule has 0 radical (unpaired) electrons. The Morgan fingerprint density at radius 3 is 2.13 bits per heavy atom. The molecule has 1 saturated heterocycles. The fourth-order valence-corrected chi connectivity index (χ4v) is 4.03. The maximum atomic E-state index is 13.7. The molecule has 4 nitrogen and oxygen atoms in total. The van der Waals surface area contributed by atoms with Crippen LogP contribution < -0.4 is 9.80 Å². The number of anilines is 2. The number of piperazine rings is 1. The van der Waals surface area contributed by atoms with E-state index in [9.17, 15) is 13.2 Å². The second-order valence-electron chi connectivity index (χ2n) is 8.30. The van der Waals surface area contributed by atoms with Crippen LogP contribution in [0.15, 0.2) is 46.9 Å². The lowest BCUT2D eigenvalue weighted by atomic mass is 10.0. The Morgan fingerprint density at radius 2 is 1.55 bits per heavy atom. The highest BCUT2D eigenvalue weighted by atomic mass is 79.9. The van der Waals surface area contributed by atoms with Crippen LogP contribution in [-0.2, 0) is 12.7 Å². The lowest BCUT2D eigenvalue weighted by molar-refractivity contribution is -0.138. The molecule has 170 valence electrons. The first kappa shape index (κ1) is 23.9. The number of halogens is 4. The summed E-state index contributed by atoms with van der Waals surface area (Å²) in [4.78, 5) is 8.46. The van der Waals surface area contributed by atoms with Gasteiger partial charge in [-0.05, 0) is 62.1 Å². The lowest BCUT2D eigenvalue weighted by Crippen LogP contribution is -2.46. The van der Waals surface area contributed by atoms with Gasteiger partial charge in [-0.1, -0.05) is 15.9 Å². The minimum Gasteiger partial charge on any atom is -0.373 e. The van der Waals surface area contributed by atoms with Crippen molar-refractivity contribution in [2.24, 2.45) is 0 Å². The van der Waals surface area contributed by atoms with Gasteiger partial charge in [0.2, 0.25) is 0 Å². The van der Waals surface area contributed by atoms with Crippen LogP contribution >= 0.6 is 15.9 Å². The van der Waals surface area contributed by atoms with E-state index >= 15 is 0 Å². The second kappa shape index (κ2) is 10.2. The molecule has 0 amide bonds. The standard InChI is InChI=1S/C23H30BrF3N4/c1-28(2)10-11-29(3)21-8-9-22(23(25,26)27)18(16-21)17-30-12-14-31(15-13-30)20-6-4-19(24)5-7-20/h4-9,16H,10-15,17H2,1-3H3. The average Bonchev–Trinajstić information content (AvgIpc) is 2.72. The SMILES string of the molecule is CN(C)CCN(C)c1ccc(C(F)(F)F)c(CN2CCN(c3ccc(Br)cc3)CC2)c1. The topological polar surface area (TPSA) is 13.0 Å². The van der Waals surface area contributed by atoms with E-state index in [1.54, 1.807) is 12.1 Å². The Hall–Kier alpha value is -1.77. The van der Waals surface area contributed by atoms with Crippen molar-refractivity contribution in [2.45, 2.75) is 12.7 Å². The van der Waals surface area contributed by atoms with E-state index in [0.717, 1.165) is 55.1 Å². The van der Waals surface area contributed by atoms with Crippen LogP contribution in [-0.4, -0.2) is 70.2 Å². The molecular formula is C23H30BrF3N4. The minimum absolute atomic E-state index is 0.304. The molecule has 0 spiro atoms. The molecule has 0 aliphatic carbocycles. The number of hydrogen-bond donors (Lipinski definition) is 0. The monoisotopic (exact) mass is 498 g/mol. The Balaban J connectivity index is 1.70. The van der Waals surface area contributed by atoms with E-state index in [0.29, 0.717) is 12.1 Å². The van der Waals surface area contributed by atoms with Gasteiger partial charge >= 0.3 is 6.18 Å². The van der Waals surface area contributed by atoms with Gasteiger partial charge in [0.1, 0.15) is 0 Å². The van der Waals surface area contributed by atoms with E-state index in [4.69, 9.17) is 0 Å². The van der Waals surface area contributed by atoms with Gasteiger partial charge in [-0.3, -0.25) is 4.90 Å². The van der Waals surface area contributed by atoms with Gasteiger partial charge in [-0.25, -0.2) is 0 Å². The van der Waals surface area contributed by atoms with Crippen molar-refractivity contribution in [3.05, 3.63) is 58.1 Å². The van der Waals surface area contributed by atoms with Crippen LogP contribution in [0.4, 0.5) is 24.5 Å². The first-order chi connectivity index (χ1) is 14.6. The van der Waals surface area contributed by atoms with Crippen molar-refractivity contribution in [1.29, 1.82) is 0 Å².